The molecule has 3 rings (SSSR count). The van der Waals surface area contributed by atoms with Gasteiger partial charge in [0.15, 0.2) is 5.13 Å². The first-order valence-corrected chi connectivity index (χ1v) is 9.22. The third-order valence-electron chi connectivity index (χ3n) is 3.55. The smallest absolute Gasteiger partial charge is 0.263 e. The number of nitrogens with one attached hydrogen (secondary N) is 1. The van der Waals surface area contributed by atoms with Crippen LogP contribution in [-0.4, -0.2) is 13.4 Å². The molecule has 1 aromatic heterocycles. The van der Waals surface area contributed by atoms with Gasteiger partial charge < -0.3 is 5.73 Å². The van der Waals surface area contributed by atoms with Crippen LogP contribution in [0.15, 0.2) is 28.5 Å². The first-order chi connectivity index (χ1) is 9.99. The van der Waals surface area contributed by atoms with Crippen molar-refractivity contribution in [1.82, 2.24) is 4.98 Å². The second-order valence-electron chi connectivity index (χ2n) is 5.17. The molecule has 0 radical (unpaired) electrons. The maximum absolute atomic E-state index is 12.3. The van der Waals surface area contributed by atoms with Crippen LogP contribution in [0.25, 0.3) is 0 Å². The van der Waals surface area contributed by atoms with Crippen molar-refractivity contribution >= 4 is 32.2 Å². The summed E-state index contributed by atoms with van der Waals surface area (Å²) in [5.41, 5.74) is 8.30. The number of anilines is 2. The second-order valence-corrected chi connectivity index (χ2v) is 7.71. The van der Waals surface area contributed by atoms with Crippen LogP contribution < -0.4 is 10.5 Å². The van der Waals surface area contributed by atoms with Gasteiger partial charge in [-0.1, -0.05) is 13.0 Å². The zero-order chi connectivity index (χ0) is 15.0. The molecular formula is C14H17N3O2S2. The Balaban J connectivity index is 1.83. The van der Waals surface area contributed by atoms with E-state index in [1.54, 1.807) is 12.1 Å². The molecule has 112 valence electrons. The number of rotatable bonds is 5. The van der Waals surface area contributed by atoms with Crippen LogP contribution in [0.5, 0.6) is 0 Å². The van der Waals surface area contributed by atoms with Crippen molar-refractivity contribution in [3.05, 3.63) is 34.8 Å². The lowest BCUT2D eigenvalue weighted by Crippen LogP contribution is -2.13. The summed E-state index contributed by atoms with van der Waals surface area (Å²) in [6, 6.07) is 4.82. The monoisotopic (exact) mass is 323 g/mol. The Labute approximate surface area is 128 Å². The number of hydrogen-bond acceptors (Lipinski definition) is 5. The number of nitrogen functional groups attached to an aromatic ring is 1. The highest BCUT2D eigenvalue weighted by molar-refractivity contribution is 7.93. The van der Waals surface area contributed by atoms with E-state index in [0.29, 0.717) is 16.7 Å². The quantitative estimate of drug-likeness (QED) is 0.828. The number of thiazole rings is 1. The van der Waals surface area contributed by atoms with Gasteiger partial charge in [-0.25, -0.2) is 13.4 Å². The molecule has 0 atom stereocenters. The summed E-state index contributed by atoms with van der Waals surface area (Å²) in [6.45, 7) is 1.98. The van der Waals surface area contributed by atoms with Crippen LogP contribution in [0.3, 0.4) is 0 Å². The summed E-state index contributed by atoms with van der Waals surface area (Å²) in [6.07, 6.45) is 3.06. The maximum atomic E-state index is 12.3. The fraction of sp³-hybridized carbons (Fsp3) is 0.357. The van der Waals surface area contributed by atoms with Crippen LogP contribution >= 0.6 is 11.3 Å². The second kappa shape index (κ2) is 5.31. The highest BCUT2D eigenvalue weighted by Gasteiger charge is 2.27. The third-order valence-corrected chi connectivity index (χ3v) is 5.79. The highest BCUT2D eigenvalue weighted by atomic mass is 32.2. The SMILES string of the molecule is CCc1ccc(S(=O)(=O)Nc2nc(C3CC3)cs2)cc1N. The number of hydrogen-bond donors (Lipinski definition) is 2. The van der Waals surface area contributed by atoms with E-state index >= 15 is 0 Å². The minimum Gasteiger partial charge on any atom is -0.398 e. The van der Waals surface area contributed by atoms with Crippen molar-refractivity contribution in [3.8, 4) is 0 Å². The van der Waals surface area contributed by atoms with Crippen molar-refractivity contribution in [2.24, 2.45) is 0 Å². The van der Waals surface area contributed by atoms with Gasteiger partial charge in [-0.3, -0.25) is 4.72 Å². The molecule has 1 aliphatic carbocycles. The van der Waals surface area contributed by atoms with Gasteiger partial charge in [0.1, 0.15) is 0 Å². The van der Waals surface area contributed by atoms with Gasteiger partial charge >= 0.3 is 0 Å². The van der Waals surface area contributed by atoms with Crippen molar-refractivity contribution in [2.75, 3.05) is 10.5 Å². The normalized spacial score (nSPS) is 15.1. The summed E-state index contributed by atoms with van der Waals surface area (Å²) in [4.78, 5) is 4.50. The van der Waals surface area contributed by atoms with E-state index in [4.69, 9.17) is 5.73 Å². The zero-order valence-corrected chi connectivity index (χ0v) is 13.3. The summed E-state index contributed by atoms with van der Waals surface area (Å²) < 4.78 is 27.2. The Morgan fingerprint density at radius 3 is 2.81 bits per heavy atom. The predicted octanol–water partition coefficient (Wildman–Crippen LogP) is 2.97. The van der Waals surface area contributed by atoms with E-state index in [1.165, 1.54) is 17.4 Å². The molecule has 5 nitrogen and oxygen atoms in total. The Morgan fingerprint density at radius 1 is 1.43 bits per heavy atom. The van der Waals surface area contributed by atoms with Gasteiger partial charge in [0.25, 0.3) is 10.0 Å². The molecule has 0 unspecified atom stereocenters. The van der Waals surface area contributed by atoms with Gasteiger partial charge in [0.05, 0.1) is 10.6 Å². The van der Waals surface area contributed by atoms with E-state index in [9.17, 15) is 8.42 Å². The lowest BCUT2D eigenvalue weighted by molar-refractivity contribution is 0.601. The van der Waals surface area contributed by atoms with Crippen molar-refractivity contribution in [2.45, 2.75) is 37.0 Å². The Bertz CT molecular complexity index is 764. The number of sulfonamides is 1. The molecule has 21 heavy (non-hydrogen) atoms. The zero-order valence-electron chi connectivity index (χ0n) is 11.7. The largest absolute Gasteiger partial charge is 0.398 e. The number of nitrogens with two attached hydrogens (primary N) is 1. The molecule has 1 aliphatic rings. The third kappa shape index (κ3) is 3.03. The molecule has 0 bridgehead atoms. The van der Waals surface area contributed by atoms with Gasteiger partial charge in [-0.05, 0) is 37.0 Å². The summed E-state index contributed by atoms with van der Waals surface area (Å²) in [5, 5.41) is 2.33. The lowest BCUT2D eigenvalue weighted by atomic mass is 10.1. The van der Waals surface area contributed by atoms with E-state index in [1.807, 2.05) is 12.3 Å². The van der Waals surface area contributed by atoms with E-state index in [-0.39, 0.29) is 4.90 Å². The standard InChI is InChI=1S/C14H17N3O2S2/c1-2-9-5-6-11(7-12(9)15)21(18,19)17-14-16-13(8-20-14)10-3-4-10/h5-8,10H,2-4,15H2,1H3,(H,16,17). The number of nitrogens with zero attached hydrogens (tertiary/aromatic N) is 1. The fourth-order valence-electron chi connectivity index (χ4n) is 2.14. The lowest BCUT2D eigenvalue weighted by Gasteiger charge is -2.08. The minimum atomic E-state index is -3.63. The Kier molecular flexibility index (Phi) is 3.62. The molecular weight excluding hydrogens is 306 g/mol. The number of aryl methyl sites for hydroxylation is 1. The van der Waals surface area contributed by atoms with Crippen LogP contribution in [-0.2, 0) is 16.4 Å². The van der Waals surface area contributed by atoms with Gasteiger partial charge in [-0.2, -0.15) is 0 Å². The molecule has 1 fully saturated rings. The maximum Gasteiger partial charge on any atom is 0.263 e. The number of aromatic nitrogens is 1. The molecule has 0 aliphatic heterocycles. The summed E-state index contributed by atoms with van der Waals surface area (Å²) in [7, 11) is -3.63. The molecule has 0 saturated heterocycles. The predicted molar refractivity (Wildman–Crippen MR) is 85.1 cm³/mol. The van der Waals surface area contributed by atoms with Crippen LogP contribution in [0.1, 0.15) is 36.9 Å². The first-order valence-electron chi connectivity index (χ1n) is 6.86. The molecule has 1 saturated carbocycles. The summed E-state index contributed by atoms with van der Waals surface area (Å²) >= 11 is 1.32. The molecule has 3 N–H and O–H groups in total. The minimum absolute atomic E-state index is 0.167. The average molecular weight is 323 g/mol. The van der Waals surface area contributed by atoms with Crippen molar-refractivity contribution in [1.29, 1.82) is 0 Å². The summed E-state index contributed by atoms with van der Waals surface area (Å²) in [5.74, 6) is 0.513. The van der Waals surface area contributed by atoms with Gasteiger partial charge in [-0.15, -0.1) is 11.3 Å². The molecule has 7 heteroatoms. The molecule has 2 aromatic rings. The molecule has 1 heterocycles. The van der Waals surface area contributed by atoms with Gasteiger partial charge in [0, 0.05) is 17.0 Å². The van der Waals surface area contributed by atoms with Crippen molar-refractivity contribution in [3.63, 3.8) is 0 Å². The van der Waals surface area contributed by atoms with Crippen LogP contribution in [0, 0.1) is 0 Å². The van der Waals surface area contributed by atoms with E-state index < -0.39 is 10.0 Å². The highest BCUT2D eigenvalue weighted by Crippen LogP contribution is 2.41. The number of benzene rings is 1. The van der Waals surface area contributed by atoms with E-state index in [2.05, 4.69) is 9.71 Å². The molecule has 0 spiro atoms. The van der Waals surface area contributed by atoms with Crippen LogP contribution in [0.2, 0.25) is 0 Å². The molecule has 1 aromatic carbocycles. The average Bonchev–Trinajstić information content (AvgIpc) is 3.19. The van der Waals surface area contributed by atoms with Crippen LogP contribution in [0.4, 0.5) is 10.8 Å². The topological polar surface area (TPSA) is 85.1 Å². The Morgan fingerprint density at radius 2 is 2.19 bits per heavy atom. The Hall–Kier alpha value is -1.60. The van der Waals surface area contributed by atoms with Gasteiger partial charge in [0.2, 0.25) is 0 Å². The first kappa shape index (κ1) is 14.3. The molecule has 0 amide bonds. The fourth-order valence-corrected chi connectivity index (χ4v) is 4.22. The van der Waals surface area contributed by atoms with E-state index in [0.717, 1.165) is 30.5 Å². The van der Waals surface area contributed by atoms with Crippen molar-refractivity contribution < 1.29 is 8.42 Å².